The summed E-state index contributed by atoms with van der Waals surface area (Å²) in [7, 11) is -2.26. The Hall–Kier alpha value is -2.10. The van der Waals surface area contributed by atoms with Crippen LogP contribution < -0.4 is 20.5 Å². The number of ether oxygens (including phenoxy) is 2. The number of aliphatic imine (C=N–C) groups is 1. The molecule has 0 fully saturated rings. The average Bonchev–Trinajstić information content (AvgIpc) is 2.67. The molecule has 0 radical (unpaired) electrons. The quantitative estimate of drug-likeness (QED) is 0.184. The number of rotatable bonds is 9. The summed E-state index contributed by atoms with van der Waals surface area (Å²) >= 11 is 0. The lowest BCUT2D eigenvalue weighted by molar-refractivity contribution is -0.274. The molecule has 0 saturated carbocycles. The van der Waals surface area contributed by atoms with Gasteiger partial charge in [-0.3, -0.25) is 0 Å². The first kappa shape index (κ1) is 26.9. The second-order valence-corrected chi connectivity index (χ2v) is 7.68. The summed E-state index contributed by atoms with van der Waals surface area (Å²) in [6, 6.07) is 11.4. The Morgan fingerprint density at radius 1 is 1.16 bits per heavy atom. The van der Waals surface area contributed by atoms with E-state index in [1.54, 1.807) is 12.1 Å². The number of alkyl halides is 3. The molecule has 0 aliphatic heterocycles. The molecule has 4 N–H and O–H groups in total. The molecule has 0 aromatic heterocycles. The van der Waals surface area contributed by atoms with Crippen molar-refractivity contribution in [3.8, 4) is 5.75 Å². The number of hydrogen-bond donors (Lipinski definition) is 3. The molecule has 2 aromatic carbocycles. The van der Waals surface area contributed by atoms with Gasteiger partial charge in [-0.15, -0.1) is 37.1 Å². The van der Waals surface area contributed by atoms with E-state index in [2.05, 4.69) is 19.8 Å². The van der Waals surface area contributed by atoms with Gasteiger partial charge in [0.15, 0.2) is 11.7 Å². The van der Waals surface area contributed by atoms with Crippen molar-refractivity contribution in [3.05, 3.63) is 54.1 Å². The lowest BCUT2D eigenvalue weighted by Gasteiger charge is -2.14. The molecule has 0 amide bonds. The number of nitrogens with one attached hydrogen (secondary N) is 2. The van der Waals surface area contributed by atoms with Crippen LogP contribution in [0.5, 0.6) is 5.75 Å². The minimum atomic E-state index is -4.85. The highest BCUT2D eigenvalue weighted by molar-refractivity contribution is 14.0. The van der Waals surface area contributed by atoms with E-state index >= 15 is 0 Å². The van der Waals surface area contributed by atoms with E-state index < -0.39 is 22.1 Å². The molecule has 31 heavy (non-hydrogen) atoms. The highest BCUT2D eigenvalue weighted by Gasteiger charge is 2.32. The second-order valence-electron chi connectivity index (χ2n) is 5.91. The van der Waals surface area contributed by atoms with Gasteiger partial charge >= 0.3 is 6.36 Å². The molecule has 0 aliphatic carbocycles. The van der Waals surface area contributed by atoms with E-state index in [9.17, 15) is 21.6 Å². The van der Waals surface area contributed by atoms with Crippen molar-refractivity contribution < 1.29 is 31.1 Å². The molecule has 13 heteroatoms. The summed E-state index contributed by atoms with van der Waals surface area (Å²) in [5, 5.41) is 2.54. The Labute approximate surface area is 195 Å². The summed E-state index contributed by atoms with van der Waals surface area (Å²) in [6.45, 7) is 0.352. The molecule has 0 aliphatic rings. The molecule has 0 saturated heterocycles. The third-order valence-electron chi connectivity index (χ3n) is 3.61. The van der Waals surface area contributed by atoms with Crippen molar-refractivity contribution in [3.63, 3.8) is 0 Å². The van der Waals surface area contributed by atoms with Gasteiger partial charge in [-0.2, -0.15) is 0 Å². The maximum atomic E-state index is 12.5. The van der Waals surface area contributed by atoms with E-state index in [4.69, 9.17) is 10.5 Å². The van der Waals surface area contributed by atoms with E-state index in [1.165, 1.54) is 37.4 Å². The molecular weight excluding hydrogens is 552 g/mol. The number of guanidine groups is 1. The molecule has 0 spiro atoms. The first-order chi connectivity index (χ1) is 14.1. The van der Waals surface area contributed by atoms with E-state index in [0.717, 1.165) is 6.07 Å². The Morgan fingerprint density at radius 3 is 2.55 bits per heavy atom. The standard InChI is InChI=1S/C18H21F3N4O4S.HI/c1-28-10-9-24-30(26,27)14-6-4-5-13(11-14)12-23-17(22)25-15-7-2-3-8-16(15)29-18(19,20)21;/h2-8,11,24H,9-10,12H2,1H3,(H3,22,23,25);1H. The fourth-order valence-corrected chi connectivity index (χ4v) is 3.39. The van der Waals surface area contributed by atoms with Gasteiger partial charge < -0.3 is 20.5 Å². The second kappa shape index (κ2) is 12.1. The van der Waals surface area contributed by atoms with Crippen LogP contribution in [0.15, 0.2) is 58.4 Å². The average molecular weight is 574 g/mol. The topological polar surface area (TPSA) is 115 Å². The van der Waals surface area contributed by atoms with Gasteiger partial charge in [0.2, 0.25) is 10.0 Å². The Kier molecular flexibility index (Phi) is 10.5. The van der Waals surface area contributed by atoms with Gasteiger partial charge in [0.05, 0.1) is 23.7 Å². The molecule has 2 rings (SSSR count). The summed E-state index contributed by atoms with van der Waals surface area (Å²) in [5.74, 6) is -0.627. The fourth-order valence-electron chi connectivity index (χ4n) is 2.31. The highest BCUT2D eigenvalue weighted by atomic mass is 127. The molecule has 2 aromatic rings. The van der Waals surface area contributed by atoms with Crippen LogP contribution >= 0.6 is 24.0 Å². The maximum absolute atomic E-state index is 12.5. The minimum Gasteiger partial charge on any atom is -0.404 e. The molecule has 0 atom stereocenters. The van der Waals surface area contributed by atoms with Crippen molar-refractivity contribution in [2.45, 2.75) is 17.8 Å². The monoisotopic (exact) mass is 574 g/mol. The van der Waals surface area contributed by atoms with Crippen molar-refractivity contribution >= 4 is 45.6 Å². The van der Waals surface area contributed by atoms with Crippen LogP contribution in [0.2, 0.25) is 0 Å². The van der Waals surface area contributed by atoms with Crippen LogP contribution in [-0.2, 0) is 21.3 Å². The largest absolute Gasteiger partial charge is 0.573 e. The molecule has 8 nitrogen and oxygen atoms in total. The third-order valence-corrected chi connectivity index (χ3v) is 5.07. The van der Waals surface area contributed by atoms with Crippen LogP contribution in [0.25, 0.3) is 0 Å². The van der Waals surface area contributed by atoms with Crippen molar-refractivity contribution in [1.29, 1.82) is 0 Å². The lowest BCUT2D eigenvalue weighted by atomic mass is 10.2. The number of hydrogen-bond acceptors (Lipinski definition) is 5. The number of sulfonamides is 1. The van der Waals surface area contributed by atoms with Gasteiger partial charge in [0.1, 0.15) is 0 Å². The van der Waals surface area contributed by atoms with Gasteiger partial charge in [-0.1, -0.05) is 24.3 Å². The number of methoxy groups -OCH3 is 1. The van der Waals surface area contributed by atoms with E-state index in [1.807, 2.05) is 0 Å². The van der Waals surface area contributed by atoms with Gasteiger partial charge in [0.25, 0.3) is 0 Å². The zero-order valence-corrected chi connectivity index (χ0v) is 19.5. The van der Waals surface area contributed by atoms with E-state index in [-0.39, 0.29) is 60.2 Å². The van der Waals surface area contributed by atoms with Crippen molar-refractivity contribution in [2.24, 2.45) is 10.7 Å². The summed E-state index contributed by atoms with van der Waals surface area (Å²) in [4.78, 5) is 4.08. The predicted octanol–water partition coefficient (Wildman–Crippen LogP) is 3.05. The van der Waals surface area contributed by atoms with Crippen molar-refractivity contribution in [1.82, 2.24) is 4.72 Å². The number of para-hydroxylation sites is 2. The smallest absolute Gasteiger partial charge is 0.404 e. The molecule has 0 heterocycles. The predicted molar refractivity (Wildman–Crippen MR) is 121 cm³/mol. The van der Waals surface area contributed by atoms with Gasteiger partial charge in [0, 0.05) is 13.7 Å². The molecule has 0 bridgehead atoms. The summed E-state index contributed by atoms with van der Waals surface area (Å²) in [5.41, 5.74) is 6.27. The maximum Gasteiger partial charge on any atom is 0.573 e. The number of anilines is 1. The zero-order chi connectivity index (χ0) is 22.2. The minimum absolute atomic E-state index is 0. The Balaban J connectivity index is 0.00000480. The van der Waals surface area contributed by atoms with Gasteiger partial charge in [-0.25, -0.2) is 18.1 Å². The Morgan fingerprint density at radius 2 is 1.87 bits per heavy atom. The van der Waals surface area contributed by atoms with Crippen LogP contribution in [0.1, 0.15) is 5.56 Å². The fraction of sp³-hybridized carbons (Fsp3) is 0.278. The lowest BCUT2D eigenvalue weighted by Crippen LogP contribution is -2.27. The summed E-state index contributed by atoms with van der Waals surface area (Å²) < 4.78 is 73.1. The van der Waals surface area contributed by atoms with Crippen molar-refractivity contribution in [2.75, 3.05) is 25.6 Å². The summed E-state index contributed by atoms with van der Waals surface area (Å²) in [6.07, 6.45) is -4.85. The molecule has 172 valence electrons. The van der Waals surface area contributed by atoms with Crippen LogP contribution in [0.3, 0.4) is 0 Å². The number of benzene rings is 2. The SMILES string of the molecule is COCCNS(=O)(=O)c1cccc(CN=C(N)Nc2ccccc2OC(F)(F)F)c1.I. The highest BCUT2D eigenvalue weighted by Crippen LogP contribution is 2.29. The first-order valence-corrected chi connectivity index (χ1v) is 10.1. The molecular formula is C18H22F3IN4O4S. The van der Waals surface area contributed by atoms with Crippen LogP contribution in [-0.4, -0.2) is 41.0 Å². The zero-order valence-electron chi connectivity index (χ0n) is 16.3. The Bertz CT molecular complexity index is 988. The number of nitrogens with two attached hydrogens (primary N) is 1. The normalized spacial score (nSPS) is 12.2. The number of nitrogens with zero attached hydrogens (tertiary/aromatic N) is 1. The molecule has 0 unspecified atom stereocenters. The third kappa shape index (κ3) is 9.28. The van der Waals surface area contributed by atoms with E-state index in [0.29, 0.717) is 5.56 Å². The number of halogens is 4. The van der Waals surface area contributed by atoms with Gasteiger partial charge in [-0.05, 0) is 29.8 Å². The van der Waals surface area contributed by atoms with Crippen LogP contribution in [0.4, 0.5) is 18.9 Å². The first-order valence-electron chi connectivity index (χ1n) is 8.60. The van der Waals surface area contributed by atoms with Crippen LogP contribution in [0, 0.1) is 0 Å².